The van der Waals surface area contributed by atoms with Crippen molar-refractivity contribution in [2.24, 2.45) is 5.92 Å². The number of carboxylic acid groups (broad SMARTS) is 1. The van der Waals surface area contributed by atoms with Crippen LogP contribution in [0.15, 0.2) is 48.5 Å². The molecule has 0 aromatic heterocycles. The summed E-state index contributed by atoms with van der Waals surface area (Å²) in [6.07, 6.45) is -2.62. The molecule has 1 saturated heterocycles. The third-order valence-electron chi connectivity index (χ3n) is 6.20. The fourth-order valence-electron chi connectivity index (χ4n) is 4.35. The Morgan fingerprint density at radius 3 is 2.32 bits per heavy atom. The Morgan fingerprint density at radius 1 is 1.10 bits per heavy atom. The maximum absolute atomic E-state index is 13.0. The van der Waals surface area contributed by atoms with Crippen LogP contribution in [0.25, 0.3) is 0 Å². The first kappa shape index (κ1) is 21.4. The highest BCUT2D eigenvalue weighted by Gasteiger charge is 2.53. The molecule has 0 bridgehead atoms. The molecule has 0 spiro atoms. The van der Waals surface area contributed by atoms with Crippen molar-refractivity contribution >= 4 is 11.9 Å². The Kier molecular flexibility index (Phi) is 5.51. The van der Waals surface area contributed by atoms with Crippen molar-refractivity contribution in [2.75, 3.05) is 0 Å². The van der Waals surface area contributed by atoms with Gasteiger partial charge in [0.05, 0.1) is 23.2 Å². The highest BCUT2D eigenvalue weighted by atomic mass is 19.4. The summed E-state index contributed by atoms with van der Waals surface area (Å²) in [6, 6.07) is 11.1. The molecule has 2 aliphatic rings. The van der Waals surface area contributed by atoms with Crippen molar-refractivity contribution in [2.45, 2.75) is 50.6 Å². The number of halogens is 3. The number of aromatic carboxylic acids is 1. The van der Waals surface area contributed by atoms with Crippen LogP contribution in [0.1, 0.15) is 52.9 Å². The van der Waals surface area contributed by atoms with Gasteiger partial charge in [-0.1, -0.05) is 24.3 Å². The second-order valence-corrected chi connectivity index (χ2v) is 8.34. The number of rotatable bonds is 6. The standard InChI is InChI=1S/C23H23F3N2O3/c1-13(15-4-6-16(7-5-15)22(30)31)27-21(29)20-11-17-10-19(17)28(20)12-14-2-8-18(9-3-14)23(24,25)26/h2-9,13,17,19-20H,10-12H2,1H3,(H,27,29)(H,30,31)/t13-,17?,19?,20?/m0/s1. The first-order valence-electron chi connectivity index (χ1n) is 10.2. The SMILES string of the molecule is C[C@H](NC(=O)C1CC2CC2N1Cc1ccc(C(F)(F)F)cc1)c1ccc(C(=O)O)cc1. The Bertz CT molecular complexity index is 973. The number of benzene rings is 2. The number of piperidine rings is 1. The van der Waals surface area contributed by atoms with E-state index in [2.05, 4.69) is 10.2 Å². The number of likely N-dealkylation sites (tertiary alicyclic amines) is 1. The molecule has 5 nitrogen and oxygen atoms in total. The summed E-state index contributed by atoms with van der Waals surface area (Å²) < 4.78 is 38.4. The number of hydrogen-bond acceptors (Lipinski definition) is 3. The fraction of sp³-hybridized carbons (Fsp3) is 0.391. The van der Waals surface area contributed by atoms with Crippen LogP contribution in [-0.2, 0) is 17.5 Å². The zero-order valence-corrected chi connectivity index (χ0v) is 16.9. The van der Waals surface area contributed by atoms with Crippen LogP contribution < -0.4 is 5.32 Å². The molecule has 4 atom stereocenters. The van der Waals surface area contributed by atoms with E-state index in [4.69, 9.17) is 5.11 Å². The number of carbonyl (C=O) groups excluding carboxylic acids is 1. The molecule has 2 N–H and O–H groups in total. The molecule has 3 unspecified atom stereocenters. The van der Waals surface area contributed by atoms with E-state index in [1.165, 1.54) is 24.3 Å². The molecule has 1 aliphatic carbocycles. The van der Waals surface area contributed by atoms with Crippen molar-refractivity contribution in [3.63, 3.8) is 0 Å². The Hall–Kier alpha value is -2.87. The third-order valence-corrected chi connectivity index (χ3v) is 6.20. The highest BCUT2D eigenvalue weighted by molar-refractivity contribution is 5.87. The largest absolute Gasteiger partial charge is 0.478 e. The first-order chi connectivity index (χ1) is 14.6. The van der Waals surface area contributed by atoms with E-state index in [-0.39, 0.29) is 23.6 Å². The van der Waals surface area contributed by atoms with E-state index in [0.717, 1.165) is 36.1 Å². The molecule has 1 saturated carbocycles. The average Bonchev–Trinajstić information content (AvgIpc) is 3.41. The maximum atomic E-state index is 13.0. The van der Waals surface area contributed by atoms with E-state index < -0.39 is 17.7 Å². The second kappa shape index (κ2) is 8.00. The average molecular weight is 432 g/mol. The van der Waals surface area contributed by atoms with Gasteiger partial charge in [-0.25, -0.2) is 4.79 Å². The van der Waals surface area contributed by atoms with E-state index in [9.17, 15) is 22.8 Å². The molecule has 1 amide bonds. The topological polar surface area (TPSA) is 69.6 Å². The van der Waals surface area contributed by atoms with Gasteiger partial charge in [-0.15, -0.1) is 0 Å². The highest BCUT2D eigenvalue weighted by Crippen LogP contribution is 2.48. The number of hydrogen-bond donors (Lipinski definition) is 2. The van der Waals surface area contributed by atoms with Gasteiger partial charge in [0, 0.05) is 12.6 Å². The zero-order valence-electron chi connectivity index (χ0n) is 16.9. The minimum Gasteiger partial charge on any atom is -0.478 e. The number of nitrogens with one attached hydrogen (secondary N) is 1. The summed E-state index contributed by atoms with van der Waals surface area (Å²) in [7, 11) is 0. The van der Waals surface area contributed by atoms with Crippen LogP contribution in [0.3, 0.4) is 0 Å². The lowest BCUT2D eigenvalue weighted by Crippen LogP contribution is -2.45. The number of alkyl halides is 3. The quantitative estimate of drug-likeness (QED) is 0.716. The van der Waals surface area contributed by atoms with Gasteiger partial charge in [0.2, 0.25) is 5.91 Å². The first-order valence-corrected chi connectivity index (χ1v) is 10.2. The normalized spacial score (nSPS) is 23.8. The van der Waals surface area contributed by atoms with E-state index in [1.54, 1.807) is 12.1 Å². The Morgan fingerprint density at radius 2 is 1.74 bits per heavy atom. The summed E-state index contributed by atoms with van der Waals surface area (Å²) in [5.41, 5.74) is 1.05. The Labute approximate surface area is 177 Å². The van der Waals surface area contributed by atoms with Crippen LogP contribution in [0.4, 0.5) is 13.2 Å². The summed E-state index contributed by atoms with van der Waals surface area (Å²) in [5, 5.41) is 12.0. The molecular weight excluding hydrogens is 409 g/mol. The third kappa shape index (κ3) is 4.58. The predicted molar refractivity (Wildman–Crippen MR) is 107 cm³/mol. The molecule has 4 rings (SSSR count). The molecule has 2 aromatic rings. The molecule has 2 fully saturated rings. The van der Waals surface area contributed by atoms with Gasteiger partial charge < -0.3 is 10.4 Å². The minimum atomic E-state index is -4.37. The number of carboxylic acids is 1. The van der Waals surface area contributed by atoms with Gasteiger partial charge in [-0.05, 0) is 61.1 Å². The van der Waals surface area contributed by atoms with Crippen molar-refractivity contribution in [1.29, 1.82) is 0 Å². The van der Waals surface area contributed by atoms with Gasteiger partial charge in [-0.2, -0.15) is 13.2 Å². The van der Waals surface area contributed by atoms with E-state index in [1.807, 2.05) is 6.92 Å². The van der Waals surface area contributed by atoms with Gasteiger partial charge in [0.25, 0.3) is 0 Å². The lowest BCUT2D eigenvalue weighted by atomic mass is 10.0. The smallest absolute Gasteiger partial charge is 0.416 e. The zero-order chi connectivity index (χ0) is 22.3. The molecule has 164 valence electrons. The minimum absolute atomic E-state index is 0.117. The van der Waals surface area contributed by atoms with Crippen LogP contribution in [0, 0.1) is 5.92 Å². The van der Waals surface area contributed by atoms with Crippen LogP contribution in [0.5, 0.6) is 0 Å². The maximum Gasteiger partial charge on any atom is 0.416 e. The molecule has 2 aromatic carbocycles. The molecule has 1 heterocycles. The van der Waals surface area contributed by atoms with Crippen LogP contribution in [-0.4, -0.2) is 34.0 Å². The predicted octanol–water partition coefficient (Wildman–Crippen LogP) is 4.24. The van der Waals surface area contributed by atoms with E-state index >= 15 is 0 Å². The Balaban J connectivity index is 1.41. The van der Waals surface area contributed by atoms with Gasteiger partial charge in [0.15, 0.2) is 0 Å². The lowest BCUT2D eigenvalue weighted by Gasteiger charge is -2.28. The second-order valence-electron chi connectivity index (χ2n) is 8.34. The van der Waals surface area contributed by atoms with E-state index in [0.29, 0.717) is 18.5 Å². The van der Waals surface area contributed by atoms with Crippen molar-refractivity contribution < 1.29 is 27.9 Å². The molecule has 31 heavy (non-hydrogen) atoms. The molecular formula is C23H23F3N2O3. The number of nitrogens with zero attached hydrogens (tertiary/aromatic N) is 1. The molecule has 8 heteroatoms. The number of carbonyl (C=O) groups is 2. The van der Waals surface area contributed by atoms with Crippen molar-refractivity contribution in [1.82, 2.24) is 10.2 Å². The monoisotopic (exact) mass is 432 g/mol. The van der Waals surface area contributed by atoms with Crippen molar-refractivity contribution in [3.8, 4) is 0 Å². The summed E-state index contributed by atoms with van der Waals surface area (Å²) in [4.78, 5) is 26.0. The van der Waals surface area contributed by atoms with Crippen LogP contribution >= 0.6 is 0 Å². The van der Waals surface area contributed by atoms with Crippen molar-refractivity contribution in [3.05, 3.63) is 70.8 Å². The molecule has 0 radical (unpaired) electrons. The van der Waals surface area contributed by atoms with Crippen LogP contribution in [0.2, 0.25) is 0 Å². The summed E-state index contributed by atoms with van der Waals surface area (Å²) in [6.45, 7) is 2.27. The van der Waals surface area contributed by atoms with Gasteiger partial charge in [-0.3, -0.25) is 9.69 Å². The van der Waals surface area contributed by atoms with Gasteiger partial charge in [0.1, 0.15) is 0 Å². The summed E-state index contributed by atoms with van der Waals surface area (Å²) >= 11 is 0. The fourth-order valence-corrected chi connectivity index (χ4v) is 4.35. The number of amides is 1. The molecule has 1 aliphatic heterocycles. The number of fused-ring (bicyclic) bond motifs is 1. The lowest BCUT2D eigenvalue weighted by molar-refractivity contribution is -0.137. The van der Waals surface area contributed by atoms with Gasteiger partial charge >= 0.3 is 12.1 Å². The summed E-state index contributed by atoms with van der Waals surface area (Å²) in [5.74, 6) is -0.670.